The molecule has 5 rings (SSSR count). The Balaban J connectivity index is 1.68. The summed E-state index contributed by atoms with van der Waals surface area (Å²) < 4.78 is 13.3. The highest BCUT2D eigenvalue weighted by Crippen LogP contribution is 2.63. The van der Waals surface area contributed by atoms with Crippen LogP contribution < -0.4 is 0 Å². The molecule has 3 aromatic carbocycles. The minimum Gasteiger partial charge on any atom is -0.461 e. The van der Waals surface area contributed by atoms with E-state index in [9.17, 15) is 4.79 Å². The zero-order valence-corrected chi connectivity index (χ0v) is 18.2. The first-order valence-corrected chi connectivity index (χ1v) is 10.8. The first kappa shape index (κ1) is 20.0. The van der Waals surface area contributed by atoms with Gasteiger partial charge in [-0.1, -0.05) is 72.3 Å². The first-order valence-electron chi connectivity index (χ1n) is 10.4. The van der Waals surface area contributed by atoms with Gasteiger partial charge in [0.25, 0.3) is 0 Å². The summed E-state index contributed by atoms with van der Waals surface area (Å²) >= 11 is 6.05. The number of Topliss-reactive ketones (excluding diaryl/α,β-unsaturated/α-hetero) is 1. The average Bonchev–Trinajstić information content (AvgIpc) is 3.22. The van der Waals surface area contributed by atoms with Crippen molar-refractivity contribution in [1.29, 1.82) is 0 Å². The van der Waals surface area contributed by atoms with Gasteiger partial charge in [-0.15, -0.1) is 0 Å². The number of rotatable bonds is 4. The van der Waals surface area contributed by atoms with E-state index in [1.54, 1.807) is 6.92 Å². The molecule has 2 heterocycles. The second kappa shape index (κ2) is 7.08. The van der Waals surface area contributed by atoms with E-state index < -0.39 is 16.8 Å². The van der Waals surface area contributed by atoms with Crippen LogP contribution in [0.3, 0.4) is 0 Å². The predicted octanol–water partition coefficient (Wildman–Crippen LogP) is 6.37. The van der Waals surface area contributed by atoms with Gasteiger partial charge in [-0.25, -0.2) is 0 Å². The molecule has 0 unspecified atom stereocenters. The molecule has 0 N–H and O–H groups in total. The van der Waals surface area contributed by atoms with Crippen LogP contribution in [0.15, 0.2) is 91.0 Å². The molecule has 2 aliphatic rings. The fourth-order valence-electron chi connectivity index (χ4n) is 4.98. The molecule has 1 fully saturated rings. The van der Waals surface area contributed by atoms with E-state index in [2.05, 4.69) is 24.3 Å². The maximum Gasteiger partial charge on any atom is 0.225 e. The molecule has 156 valence electrons. The maximum atomic E-state index is 13.2. The molecule has 0 saturated carbocycles. The van der Waals surface area contributed by atoms with Crippen molar-refractivity contribution < 1.29 is 14.3 Å². The summed E-state index contributed by atoms with van der Waals surface area (Å²) in [5.41, 5.74) is 1.15. The van der Waals surface area contributed by atoms with Crippen LogP contribution in [-0.4, -0.2) is 11.6 Å². The van der Waals surface area contributed by atoms with Crippen LogP contribution in [0, 0.1) is 5.41 Å². The van der Waals surface area contributed by atoms with Crippen LogP contribution >= 0.6 is 11.6 Å². The standard InChI is InChI=1S/C27H23ClO3/c1-19(29)26-17-24(20-13-15-23(28)16-14-20)30-25(26,2)31-27(18-26,21-9-5-3-6-10-21)22-11-7-4-8-12-22/h3-17H,18H2,1-2H3/t25-,26+/m0/s1. The third-order valence-electron chi connectivity index (χ3n) is 6.63. The lowest BCUT2D eigenvalue weighted by molar-refractivity contribution is -0.218. The van der Waals surface area contributed by atoms with Gasteiger partial charge in [0.2, 0.25) is 5.79 Å². The van der Waals surface area contributed by atoms with Gasteiger partial charge in [-0.3, -0.25) is 4.79 Å². The summed E-state index contributed by atoms with van der Waals surface area (Å²) in [4.78, 5) is 13.2. The molecule has 0 amide bonds. The van der Waals surface area contributed by atoms with Crippen LogP contribution in [0.25, 0.3) is 5.76 Å². The van der Waals surface area contributed by atoms with Crippen molar-refractivity contribution in [3.8, 4) is 0 Å². The smallest absolute Gasteiger partial charge is 0.225 e. The Morgan fingerprint density at radius 1 is 0.871 bits per heavy atom. The summed E-state index contributed by atoms with van der Waals surface area (Å²) in [7, 11) is 0. The molecular formula is C27H23ClO3. The fourth-order valence-corrected chi connectivity index (χ4v) is 5.10. The number of benzene rings is 3. The Kier molecular flexibility index (Phi) is 4.58. The monoisotopic (exact) mass is 430 g/mol. The van der Waals surface area contributed by atoms with Gasteiger partial charge in [0.15, 0.2) is 0 Å². The summed E-state index contributed by atoms with van der Waals surface area (Å²) in [5.74, 6) is -0.476. The lowest BCUT2D eigenvalue weighted by atomic mass is 9.70. The number of hydrogen-bond acceptors (Lipinski definition) is 3. The van der Waals surface area contributed by atoms with Crippen molar-refractivity contribution in [3.63, 3.8) is 0 Å². The van der Waals surface area contributed by atoms with E-state index in [1.807, 2.05) is 73.7 Å². The molecule has 2 aliphatic heterocycles. The van der Waals surface area contributed by atoms with E-state index in [1.165, 1.54) is 0 Å². The number of carbonyl (C=O) groups excluding carboxylic acids is 1. The zero-order chi connectivity index (χ0) is 21.7. The van der Waals surface area contributed by atoms with Crippen molar-refractivity contribution in [3.05, 3.63) is 113 Å². The van der Waals surface area contributed by atoms with E-state index in [4.69, 9.17) is 21.1 Å². The molecule has 0 spiro atoms. The van der Waals surface area contributed by atoms with Crippen molar-refractivity contribution in [2.75, 3.05) is 0 Å². The zero-order valence-electron chi connectivity index (χ0n) is 17.5. The molecule has 0 aliphatic carbocycles. The highest BCUT2D eigenvalue weighted by Gasteiger charge is 2.69. The molecule has 0 bridgehead atoms. The molecule has 0 aromatic heterocycles. The molecule has 1 saturated heterocycles. The van der Waals surface area contributed by atoms with Crippen molar-refractivity contribution in [2.45, 2.75) is 31.7 Å². The second-order valence-corrected chi connectivity index (χ2v) is 8.87. The minimum absolute atomic E-state index is 0.0210. The van der Waals surface area contributed by atoms with Crippen molar-refractivity contribution in [2.24, 2.45) is 5.41 Å². The van der Waals surface area contributed by atoms with Crippen LogP contribution in [0.1, 0.15) is 37.0 Å². The molecule has 3 nitrogen and oxygen atoms in total. The Morgan fingerprint density at radius 2 is 1.42 bits per heavy atom. The van der Waals surface area contributed by atoms with E-state index >= 15 is 0 Å². The van der Waals surface area contributed by atoms with Crippen LogP contribution in [0.5, 0.6) is 0 Å². The molecular weight excluding hydrogens is 408 g/mol. The summed E-state index contributed by atoms with van der Waals surface area (Å²) in [5, 5.41) is 0.651. The van der Waals surface area contributed by atoms with Crippen molar-refractivity contribution in [1.82, 2.24) is 0 Å². The molecule has 4 heteroatoms. The summed E-state index contributed by atoms with van der Waals surface area (Å²) in [6, 6.07) is 27.6. The lowest BCUT2D eigenvalue weighted by Crippen LogP contribution is -2.44. The van der Waals surface area contributed by atoms with Gasteiger partial charge in [-0.05, 0) is 48.4 Å². The SMILES string of the molecule is CC(=O)[C@]12C=C(c3ccc(Cl)cc3)O[C@@]1(C)OC(c1ccccc1)(c1ccccc1)C2. The second-order valence-electron chi connectivity index (χ2n) is 8.43. The van der Waals surface area contributed by atoms with Gasteiger partial charge in [0.05, 0.1) is 0 Å². The molecule has 3 aromatic rings. The number of carbonyl (C=O) groups is 1. The normalized spacial score (nSPS) is 26.1. The highest BCUT2D eigenvalue weighted by atomic mass is 35.5. The Hall–Kier alpha value is -2.88. The van der Waals surface area contributed by atoms with Gasteiger partial charge >= 0.3 is 0 Å². The van der Waals surface area contributed by atoms with E-state index in [0.717, 1.165) is 16.7 Å². The number of fused-ring (bicyclic) bond motifs is 1. The number of ether oxygens (including phenoxy) is 2. The maximum absolute atomic E-state index is 13.2. The van der Waals surface area contributed by atoms with Gasteiger partial charge in [-0.2, -0.15) is 0 Å². The number of ketones is 1. The number of hydrogen-bond donors (Lipinski definition) is 0. The number of halogens is 1. The fraction of sp³-hybridized carbons (Fsp3) is 0.222. The van der Waals surface area contributed by atoms with Gasteiger partial charge in [0.1, 0.15) is 22.6 Å². The third kappa shape index (κ3) is 2.95. The minimum atomic E-state index is -1.14. The van der Waals surface area contributed by atoms with Gasteiger partial charge in [0, 0.05) is 23.9 Å². The average molecular weight is 431 g/mol. The Bertz CT molecular complexity index is 1110. The van der Waals surface area contributed by atoms with Crippen LogP contribution in [0.4, 0.5) is 0 Å². The topological polar surface area (TPSA) is 35.5 Å². The molecule has 2 atom stereocenters. The molecule has 0 radical (unpaired) electrons. The third-order valence-corrected chi connectivity index (χ3v) is 6.88. The molecule has 31 heavy (non-hydrogen) atoms. The Labute approximate surface area is 187 Å². The Morgan fingerprint density at radius 3 is 1.90 bits per heavy atom. The first-order chi connectivity index (χ1) is 14.9. The van der Waals surface area contributed by atoms with Crippen molar-refractivity contribution >= 4 is 23.1 Å². The van der Waals surface area contributed by atoms with E-state index in [0.29, 0.717) is 17.2 Å². The quantitative estimate of drug-likeness (QED) is 0.482. The summed E-state index contributed by atoms with van der Waals surface area (Å²) in [6.07, 6.45) is 2.41. The van der Waals surface area contributed by atoms with Gasteiger partial charge < -0.3 is 9.47 Å². The van der Waals surface area contributed by atoms with Crippen LogP contribution in [0.2, 0.25) is 5.02 Å². The lowest BCUT2D eigenvalue weighted by Gasteiger charge is -2.34. The largest absolute Gasteiger partial charge is 0.461 e. The predicted molar refractivity (Wildman–Crippen MR) is 121 cm³/mol. The summed E-state index contributed by atoms with van der Waals surface area (Å²) in [6.45, 7) is 3.50. The highest BCUT2D eigenvalue weighted by molar-refractivity contribution is 6.30. The van der Waals surface area contributed by atoms with E-state index in [-0.39, 0.29) is 5.78 Å². The van der Waals surface area contributed by atoms with Crippen LogP contribution in [-0.2, 0) is 19.9 Å².